The highest BCUT2D eigenvalue weighted by molar-refractivity contribution is 5.78. The van der Waals surface area contributed by atoms with Crippen molar-refractivity contribution in [3.8, 4) is 5.75 Å². The number of hydrogen-bond acceptors (Lipinski definition) is 3. The number of hydrogen-bond donors (Lipinski definition) is 3. The SMILES string of the molecule is CC=C(N)NC(=O)CCc1cc(C(C)(C)C)cc(C(C)(C)C)c1O. The van der Waals surface area contributed by atoms with Crippen LogP contribution in [-0.4, -0.2) is 11.0 Å². The van der Waals surface area contributed by atoms with Crippen LogP contribution < -0.4 is 11.1 Å². The summed E-state index contributed by atoms with van der Waals surface area (Å²) in [5, 5.41) is 13.3. The summed E-state index contributed by atoms with van der Waals surface area (Å²) in [7, 11) is 0. The number of benzene rings is 1. The highest BCUT2D eigenvalue weighted by Gasteiger charge is 2.25. The van der Waals surface area contributed by atoms with Crippen LogP contribution >= 0.6 is 0 Å². The van der Waals surface area contributed by atoms with Gasteiger partial charge >= 0.3 is 0 Å². The van der Waals surface area contributed by atoms with E-state index >= 15 is 0 Å². The van der Waals surface area contributed by atoms with Gasteiger partial charge < -0.3 is 16.2 Å². The standard InChI is InChI=1S/C20H32N2O2/c1-8-16(21)22-17(23)10-9-13-11-14(19(2,3)4)12-15(18(13)24)20(5,6)7/h8,11-12,24H,9-10,21H2,1-7H3,(H,22,23). The van der Waals surface area contributed by atoms with Crippen molar-refractivity contribution in [1.29, 1.82) is 0 Å². The molecule has 0 bridgehead atoms. The van der Waals surface area contributed by atoms with Crippen molar-refractivity contribution in [2.45, 2.75) is 72.1 Å². The predicted molar refractivity (Wildman–Crippen MR) is 99.9 cm³/mol. The van der Waals surface area contributed by atoms with Crippen LogP contribution in [0.2, 0.25) is 0 Å². The third kappa shape index (κ3) is 5.29. The molecule has 1 aromatic carbocycles. The molecule has 4 heteroatoms. The number of nitrogens with two attached hydrogens (primary N) is 1. The van der Waals surface area contributed by atoms with E-state index in [1.165, 1.54) is 0 Å². The number of phenols is 1. The first-order valence-electron chi connectivity index (χ1n) is 8.44. The molecule has 1 rings (SSSR count). The number of rotatable bonds is 4. The fourth-order valence-electron chi connectivity index (χ4n) is 2.43. The second-order valence-corrected chi connectivity index (χ2v) is 8.32. The number of allylic oxidation sites excluding steroid dienone is 1. The van der Waals surface area contributed by atoms with E-state index in [2.05, 4.69) is 52.9 Å². The van der Waals surface area contributed by atoms with Gasteiger partial charge in [-0.25, -0.2) is 0 Å². The van der Waals surface area contributed by atoms with Crippen LogP contribution in [0.15, 0.2) is 24.0 Å². The number of aromatic hydroxyl groups is 1. The van der Waals surface area contributed by atoms with Gasteiger partial charge in [0.1, 0.15) is 5.75 Å². The normalized spacial score (nSPS) is 13.0. The summed E-state index contributed by atoms with van der Waals surface area (Å²) in [5.74, 6) is 0.494. The molecule has 0 spiro atoms. The van der Waals surface area contributed by atoms with Gasteiger partial charge in [-0.15, -0.1) is 0 Å². The summed E-state index contributed by atoms with van der Waals surface area (Å²) < 4.78 is 0. The number of carbonyl (C=O) groups excluding carboxylic acids is 1. The van der Waals surface area contributed by atoms with Crippen molar-refractivity contribution in [3.05, 3.63) is 40.7 Å². The van der Waals surface area contributed by atoms with Crippen molar-refractivity contribution >= 4 is 5.91 Å². The minimum absolute atomic E-state index is 0.0277. The van der Waals surface area contributed by atoms with Crippen LogP contribution in [0.5, 0.6) is 5.75 Å². The highest BCUT2D eigenvalue weighted by Crippen LogP contribution is 2.38. The zero-order valence-corrected chi connectivity index (χ0v) is 16.1. The molecule has 0 unspecified atom stereocenters. The molecule has 0 atom stereocenters. The topological polar surface area (TPSA) is 75.3 Å². The summed E-state index contributed by atoms with van der Waals surface area (Å²) in [6.07, 6.45) is 2.40. The van der Waals surface area contributed by atoms with E-state index in [0.29, 0.717) is 18.0 Å². The molecule has 24 heavy (non-hydrogen) atoms. The highest BCUT2D eigenvalue weighted by atomic mass is 16.3. The molecule has 134 valence electrons. The second kappa shape index (κ2) is 7.29. The largest absolute Gasteiger partial charge is 0.507 e. The van der Waals surface area contributed by atoms with Crippen LogP contribution in [0, 0.1) is 0 Å². The van der Waals surface area contributed by atoms with Crippen molar-refractivity contribution in [3.63, 3.8) is 0 Å². The molecule has 0 saturated heterocycles. The first-order chi connectivity index (χ1) is 10.9. The quantitative estimate of drug-likeness (QED) is 0.784. The fraction of sp³-hybridized carbons (Fsp3) is 0.550. The molecule has 0 aromatic heterocycles. The molecule has 0 aliphatic heterocycles. The van der Waals surface area contributed by atoms with E-state index in [1.54, 1.807) is 13.0 Å². The van der Waals surface area contributed by atoms with E-state index in [-0.39, 0.29) is 23.2 Å². The molecule has 4 nitrogen and oxygen atoms in total. The third-order valence-electron chi connectivity index (χ3n) is 4.08. The van der Waals surface area contributed by atoms with Gasteiger partial charge in [0, 0.05) is 6.42 Å². The molecule has 0 aliphatic carbocycles. The van der Waals surface area contributed by atoms with Crippen LogP contribution in [0.25, 0.3) is 0 Å². The van der Waals surface area contributed by atoms with Crippen molar-refractivity contribution in [1.82, 2.24) is 5.32 Å². The summed E-state index contributed by atoms with van der Waals surface area (Å²) in [6, 6.07) is 4.09. The lowest BCUT2D eigenvalue weighted by Gasteiger charge is -2.27. The van der Waals surface area contributed by atoms with E-state index in [9.17, 15) is 9.90 Å². The third-order valence-corrected chi connectivity index (χ3v) is 4.08. The molecule has 0 aliphatic rings. The predicted octanol–water partition coefficient (Wildman–Crippen LogP) is 3.86. The molecule has 1 aromatic rings. The van der Waals surface area contributed by atoms with Gasteiger partial charge in [0.15, 0.2) is 0 Å². The molecule has 1 amide bonds. The van der Waals surface area contributed by atoms with Gasteiger partial charge in [-0.1, -0.05) is 53.7 Å². The maximum Gasteiger partial charge on any atom is 0.225 e. The number of aryl methyl sites for hydroxylation is 1. The van der Waals surface area contributed by atoms with E-state index in [4.69, 9.17) is 5.73 Å². The maximum atomic E-state index is 11.9. The minimum atomic E-state index is -0.169. The average Bonchev–Trinajstić information content (AvgIpc) is 2.43. The van der Waals surface area contributed by atoms with E-state index < -0.39 is 0 Å². The first-order valence-corrected chi connectivity index (χ1v) is 8.44. The van der Waals surface area contributed by atoms with Crippen LogP contribution in [-0.2, 0) is 22.0 Å². The molecule has 4 N–H and O–H groups in total. The number of nitrogens with one attached hydrogen (secondary N) is 1. The zero-order valence-electron chi connectivity index (χ0n) is 16.1. The van der Waals surface area contributed by atoms with Gasteiger partial charge in [-0.2, -0.15) is 0 Å². The molecule has 0 fully saturated rings. The average molecular weight is 332 g/mol. The molecule has 0 heterocycles. The Morgan fingerprint density at radius 1 is 1.17 bits per heavy atom. The molecular formula is C20H32N2O2. The Morgan fingerprint density at radius 2 is 1.75 bits per heavy atom. The molecule has 0 radical (unpaired) electrons. The number of phenolic OH excluding ortho intramolecular Hbond substituents is 1. The Balaban J connectivity index is 3.16. The lowest BCUT2D eigenvalue weighted by molar-refractivity contribution is -0.120. The second-order valence-electron chi connectivity index (χ2n) is 8.32. The van der Waals surface area contributed by atoms with Gasteiger partial charge in [0.2, 0.25) is 5.91 Å². The van der Waals surface area contributed by atoms with Crippen molar-refractivity contribution in [2.24, 2.45) is 5.73 Å². The monoisotopic (exact) mass is 332 g/mol. The molecule has 0 saturated carbocycles. The minimum Gasteiger partial charge on any atom is -0.507 e. The Kier molecular flexibility index (Phi) is 6.09. The van der Waals surface area contributed by atoms with Gasteiger partial charge in [0.25, 0.3) is 0 Å². The first kappa shape index (κ1) is 20.1. The summed E-state index contributed by atoms with van der Waals surface area (Å²) in [6.45, 7) is 14.5. The summed E-state index contributed by atoms with van der Waals surface area (Å²) in [4.78, 5) is 11.9. The van der Waals surface area contributed by atoms with Crippen LogP contribution in [0.4, 0.5) is 0 Å². The molecular weight excluding hydrogens is 300 g/mol. The summed E-state index contributed by atoms with van der Waals surface area (Å²) in [5.41, 5.74) is 8.30. The summed E-state index contributed by atoms with van der Waals surface area (Å²) >= 11 is 0. The van der Waals surface area contributed by atoms with E-state index in [1.807, 2.05) is 6.07 Å². The Morgan fingerprint density at radius 3 is 2.21 bits per heavy atom. The van der Waals surface area contributed by atoms with Gasteiger partial charge in [-0.05, 0) is 46.9 Å². The Hall–Kier alpha value is -1.97. The van der Waals surface area contributed by atoms with Crippen molar-refractivity contribution < 1.29 is 9.90 Å². The van der Waals surface area contributed by atoms with Crippen LogP contribution in [0.1, 0.15) is 71.6 Å². The fourth-order valence-corrected chi connectivity index (χ4v) is 2.43. The van der Waals surface area contributed by atoms with Crippen LogP contribution in [0.3, 0.4) is 0 Å². The number of carbonyl (C=O) groups is 1. The maximum absolute atomic E-state index is 11.9. The van der Waals surface area contributed by atoms with Crippen molar-refractivity contribution in [2.75, 3.05) is 0 Å². The Labute approximate surface area is 146 Å². The lowest BCUT2D eigenvalue weighted by atomic mass is 9.78. The Bertz CT molecular complexity index is 632. The van der Waals surface area contributed by atoms with Gasteiger partial charge in [0.05, 0.1) is 5.82 Å². The van der Waals surface area contributed by atoms with E-state index in [0.717, 1.165) is 16.7 Å². The lowest BCUT2D eigenvalue weighted by Crippen LogP contribution is -2.27. The zero-order chi connectivity index (χ0) is 18.7. The van der Waals surface area contributed by atoms with Gasteiger partial charge in [-0.3, -0.25) is 4.79 Å². The number of amides is 1. The smallest absolute Gasteiger partial charge is 0.225 e.